The molecule has 2 atom stereocenters. The van der Waals surface area contributed by atoms with Crippen molar-refractivity contribution in [3.63, 3.8) is 0 Å². The highest BCUT2D eigenvalue weighted by Crippen LogP contribution is 2.33. The first kappa shape index (κ1) is 14.0. The van der Waals surface area contributed by atoms with Crippen LogP contribution in [-0.4, -0.2) is 51.7 Å². The van der Waals surface area contributed by atoms with Crippen molar-refractivity contribution in [2.45, 2.75) is 44.9 Å². The Morgan fingerprint density at radius 3 is 2.48 bits per heavy atom. The van der Waals surface area contributed by atoms with Gasteiger partial charge in [0.1, 0.15) is 5.60 Å². The summed E-state index contributed by atoms with van der Waals surface area (Å²) >= 11 is 0. The van der Waals surface area contributed by atoms with Crippen LogP contribution in [-0.2, 0) is 4.74 Å². The predicted octanol–water partition coefficient (Wildman–Crippen LogP) is 1.81. The Kier molecular flexibility index (Phi) is 3.22. The summed E-state index contributed by atoms with van der Waals surface area (Å²) in [7, 11) is 0. The van der Waals surface area contributed by atoms with E-state index in [2.05, 4.69) is 9.97 Å². The van der Waals surface area contributed by atoms with Crippen LogP contribution < -0.4 is 4.90 Å². The van der Waals surface area contributed by atoms with Crippen molar-refractivity contribution < 1.29 is 13.9 Å². The van der Waals surface area contributed by atoms with E-state index in [0.29, 0.717) is 19.0 Å². The number of hydrogen-bond acceptors (Lipinski definition) is 5. The van der Waals surface area contributed by atoms with Gasteiger partial charge in [-0.2, -0.15) is 0 Å². The van der Waals surface area contributed by atoms with Gasteiger partial charge in [0.05, 0.1) is 24.5 Å². The third-order valence-electron chi connectivity index (χ3n) is 3.73. The number of fused-ring (bicyclic) bond motifs is 2. The van der Waals surface area contributed by atoms with Crippen LogP contribution >= 0.6 is 0 Å². The molecular weight excluding hydrogens is 275 g/mol. The quantitative estimate of drug-likeness (QED) is 0.790. The van der Waals surface area contributed by atoms with Crippen molar-refractivity contribution in [2.24, 2.45) is 0 Å². The molecule has 2 saturated heterocycles. The molecule has 0 saturated carbocycles. The summed E-state index contributed by atoms with van der Waals surface area (Å²) in [6.45, 7) is 6.84. The second-order valence-corrected chi connectivity index (χ2v) is 6.53. The number of ether oxygens (including phenoxy) is 1. The first-order valence-corrected chi connectivity index (χ1v) is 7.07. The summed E-state index contributed by atoms with van der Waals surface area (Å²) in [5.74, 6) is 0.0752. The normalized spacial score (nSPS) is 24.6. The van der Waals surface area contributed by atoms with Crippen LogP contribution in [0.1, 0.15) is 27.2 Å². The van der Waals surface area contributed by atoms with Crippen LogP contribution in [0.2, 0.25) is 0 Å². The molecule has 114 valence electrons. The van der Waals surface area contributed by atoms with Gasteiger partial charge in [0.15, 0.2) is 5.82 Å². The molecule has 7 heteroatoms. The lowest BCUT2D eigenvalue weighted by Crippen LogP contribution is -2.50. The molecule has 0 aliphatic carbocycles. The maximum atomic E-state index is 12.9. The minimum atomic E-state index is -0.487. The molecule has 3 rings (SSSR count). The summed E-state index contributed by atoms with van der Waals surface area (Å²) in [5, 5.41) is 0. The number of piperazine rings is 1. The maximum absolute atomic E-state index is 12.9. The van der Waals surface area contributed by atoms with Gasteiger partial charge in [-0.3, -0.25) is 0 Å². The van der Waals surface area contributed by atoms with E-state index < -0.39 is 11.4 Å². The summed E-state index contributed by atoms with van der Waals surface area (Å²) in [6.07, 6.45) is 2.94. The second kappa shape index (κ2) is 4.82. The van der Waals surface area contributed by atoms with Gasteiger partial charge in [0.2, 0.25) is 5.95 Å². The standard InChI is InChI=1S/C14H19FN4O2/c1-14(2,3)21-13(20)19-8-10-4-11(19)7-18(10)12-16-5-9(15)6-17-12/h5-6,10-11H,4,7-8H2,1-3H3/t10-,11-/m0/s1. The van der Waals surface area contributed by atoms with Crippen LogP contribution in [0, 0.1) is 5.82 Å². The van der Waals surface area contributed by atoms with Gasteiger partial charge in [0.25, 0.3) is 0 Å². The Morgan fingerprint density at radius 2 is 1.95 bits per heavy atom. The number of hydrogen-bond donors (Lipinski definition) is 0. The number of amides is 1. The fourth-order valence-corrected chi connectivity index (χ4v) is 2.91. The number of carbonyl (C=O) groups is 1. The van der Waals surface area contributed by atoms with Crippen LogP contribution in [0.25, 0.3) is 0 Å². The van der Waals surface area contributed by atoms with Crippen molar-refractivity contribution in [1.82, 2.24) is 14.9 Å². The Morgan fingerprint density at radius 1 is 1.29 bits per heavy atom. The third kappa shape index (κ3) is 2.77. The van der Waals surface area contributed by atoms with E-state index in [0.717, 1.165) is 6.42 Å². The predicted molar refractivity (Wildman–Crippen MR) is 74.5 cm³/mol. The molecule has 1 amide bonds. The Labute approximate surface area is 122 Å². The number of nitrogens with zero attached hydrogens (tertiary/aromatic N) is 4. The second-order valence-electron chi connectivity index (χ2n) is 6.53. The Bertz CT molecular complexity index is 543. The molecule has 0 aromatic carbocycles. The molecule has 0 spiro atoms. The summed E-state index contributed by atoms with van der Waals surface area (Å²) in [5.41, 5.74) is -0.487. The monoisotopic (exact) mass is 294 g/mol. The van der Waals surface area contributed by atoms with Crippen molar-refractivity contribution in [3.8, 4) is 0 Å². The van der Waals surface area contributed by atoms with Gasteiger partial charge in [0, 0.05) is 13.1 Å². The average Bonchev–Trinajstić information content (AvgIpc) is 2.97. The summed E-state index contributed by atoms with van der Waals surface area (Å²) < 4.78 is 18.3. The SMILES string of the molecule is CC(C)(C)OC(=O)N1C[C@@H]2C[C@H]1CN2c1ncc(F)cn1. The average molecular weight is 294 g/mol. The van der Waals surface area contributed by atoms with Gasteiger partial charge in [-0.05, 0) is 27.2 Å². The minimum Gasteiger partial charge on any atom is -0.444 e. The van der Waals surface area contributed by atoms with Gasteiger partial charge in [-0.15, -0.1) is 0 Å². The van der Waals surface area contributed by atoms with E-state index in [-0.39, 0.29) is 18.2 Å². The van der Waals surface area contributed by atoms with E-state index in [1.165, 1.54) is 12.4 Å². The lowest BCUT2D eigenvalue weighted by Gasteiger charge is -2.35. The van der Waals surface area contributed by atoms with Crippen LogP contribution in [0.15, 0.2) is 12.4 Å². The Hall–Kier alpha value is -1.92. The molecule has 2 aliphatic rings. The van der Waals surface area contributed by atoms with Crippen molar-refractivity contribution >= 4 is 12.0 Å². The molecule has 21 heavy (non-hydrogen) atoms. The minimum absolute atomic E-state index is 0.110. The third-order valence-corrected chi connectivity index (χ3v) is 3.73. The highest BCUT2D eigenvalue weighted by Gasteiger charge is 2.47. The number of aromatic nitrogens is 2. The van der Waals surface area contributed by atoms with Crippen molar-refractivity contribution in [1.29, 1.82) is 0 Å². The first-order valence-electron chi connectivity index (χ1n) is 7.07. The number of likely N-dealkylation sites (tertiary alicyclic amines) is 1. The molecular formula is C14H19FN4O2. The molecule has 1 aromatic heterocycles. The molecule has 0 N–H and O–H groups in total. The summed E-state index contributed by atoms with van der Waals surface area (Å²) in [6, 6.07) is 0.284. The molecule has 2 aliphatic heterocycles. The van der Waals surface area contributed by atoms with E-state index >= 15 is 0 Å². The highest BCUT2D eigenvalue weighted by atomic mass is 19.1. The molecule has 2 bridgehead atoms. The number of rotatable bonds is 1. The molecule has 0 unspecified atom stereocenters. The van der Waals surface area contributed by atoms with Gasteiger partial charge in [-0.25, -0.2) is 19.2 Å². The molecule has 3 heterocycles. The lowest BCUT2D eigenvalue weighted by molar-refractivity contribution is 0.0214. The zero-order chi connectivity index (χ0) is 15.2. The fourth-order valence-electron chi connectivity index (χ4n) is 2.91. The maximum Gasteiger partial charge on any atom is 0.410 e. The molecule has 2 fully saturated rings. The van der Waals surface area contributed by atoms with Crippen LogP contribution in [0.5, 0.6) is 0 Å². The van der Waals surface area contributed by atoms with Crippen LogP contribution in [0.3, 0.4) is 0 Å². The van der Waals surface area contributed by atoms with E-state index in [9.17, 15) is 9.18 Å². The number of carbonyl (C=O) groups excluding carboxylic acids is 1. The fraction of sp³-hybridized carbons (Fsp3) is 0.643. The number of halogens is 1. The largest absolute Gasteiger partial charge is 0.444 e. The van der Waals surface area contributed by atoms with E-state index in [4.69, 9.17) is 4.74 Å². The highest BCUT2D eigenvalue weighted by molar-refractivity contribution is 5.70. The first-order chi connectivity index (χ1) is 9.83. The summed E-state index contributed by atoms with van der Waals surface area (Å²) in [4.78, 5) is 24.0. The number of anilines is 1. The Balaban J connectivity index is 1.66. The van der Waals surface area contributed by atoms with Crippen molar-refractivity contribution in [3.05, 3.63) is 18.2 Å². The molecule has 6 nitrogen and oxygen atoms in total. The van der Waals surface area contributed by atoms with Gasteiger partial charge >= 0.3 is 6.09 Å². The smallest absolute Gasteiger partial charge is 0.410 e. The van der Waals surface area contributed by atoms with Crippen molar-refractivity contribution in [2.75, 3.05) is 18.0 Å². The molecule has 1 aromatic rings. The molecule has 0 radical (unpaired) electrons. The van der Waals surface area contributed by atoms with E-state index in [1.54, 1.807) is 4.90 Å². The van der Waals surface area contributed by atoms with Gasteiger partial charge < -0.3 is 14.5 Å². The lowest BCUT2D eigenvalue weighted by atomic mass is 10.2. The zero-order valence-corrected chi connectivity index (χ0v) is 12.4. The van der Waals surface area contributed by atoms with E-state index in [1.807, 2.05) is 25.7 Å². The zero-order valence-electron chi connectivity index (χ0n) is 12.4. The topological polar surface area (TPSA) is 58.6 Å². The van der Waals surface area contributed by atoms with Crippen LogP contribution in [0.4, 0.5) is 15.1 Å². The van der Waals surface area contributed by atoms with Gasteiger partial charge in [-0.1, -0.05) is 0 Å².